The first-order valence-corrected chi connectivity index (χ1v) is 6.66. The zero-order valence-corrected chi connectivity index (χ0v) is 10.7. The number of thioether (sulfide) groups is 1. The second kappa shape index (κ2) is 7.32. The van der Waals surface area contributed by atoms with Crippen molar-refractivity contribution in [2.24, 2.45) is 0 Å². The van der Waals surface area contributed by atoms with Crippen LogP contribution in [0.3, 0.4) is 0 Å². The van der Waals surface area contributed by atoms with Gasteiger partial charge in [-0.05, 0) is 36.4 Å². The quantitative estimate of drug-likeness (QED) is 0.768. The molecule has 0 aliphatic rings. The highest BCUT2D eigenvalue weighted by molar-refractivity contribution is 7.99. The van der Waals surface area contributed by atoms with Gasteiger partial charge in [0, 0.05) is 11.4 Å². The van der Waals surface area contributed by atoms with Crippen molar-refractivity contribution in [2.75, 3.05) is 12.3 Å². The summed E-state index contributed by atoms with van der Waals surface area (Å²) in [7, 11) is 0. The van der Waals surface area contributed by atoms with Crippen LogP contribution in [-0.2, 0) is 6.54 Å². The molecule has 86 valence electrons. The van der Waals surface area contributed by atoms with Crippen LogP contribution in [0.5, 0.6) is 0 Å². The molecule has 0 aromatic heterocycles. The van der Waals surface area contributed by atoms with E-state index < -0.39 is 0 Å². The number of hydrogen-bond donors (Lipinski definition) is 1. The molecule has 16 heavy (non-hydrogen) atoms. The van der Waals surface area contributed by atoms with E-state index in [4.69, 9.17) is 5.26 Å². The first kappa shape index (κ1) is 13.1. The highest BCUT2D eigenvalue weighted by atomic mass is 32.2. The normalized spacial score (nSPS) is 10.1. The average molecular weight is 234 g/mol. The van der Waals surface area contributed by atoms with Gasteiger partial charge in [-0.2, -0.15) is 5.26 Å². The lowest BCUT2D eigenvalue weighted by Crippen LogP contribution is -2.11. The summed E-state index contributed by atoms with van der Waals surface area (Å²) in [6, 6.07) is 8.42. The Balaban J connectivity index is 2.77. The molecule has 1 N–H and O–H groups in total. The molecule has 1 rings (SSSR count). The molecular weight excluding hydrogens is 216 g/mol. The predicted molar refractivity (Wildman–Crippen MR) is 69.6 cm³/mol. The van der Waals surface area contributed by atoms with Gasteiger partial charge in [0.05, 0.1) is 5.56 Å². The summed E-state index contributed by atoms with van der Waals surface area (Å²) < 4.78 is 0. The third kappa shape index (κ3) is 3.88. The third-order valence-electron chi connectivity index (χ3n) is 2.21. The van der Waals surface area contributed by atoms with Gasteiger partial charge in [0.25, 0.3) is 0 Å². The van der Waals surface area contributed by atoms with Gasteiger partial charge >= 0.3 is 0 Å². The van der Waals surface area contributed by atoms with Crippen molar-refractivity contribution < 1.29 is 0 Å². The van der Waals surface area contributed by atoms with Crippen molar-refractivity contribution in [1.82, 2.24) is 5.32 Å². The maximum Gasteiger partial charge on any atom is 0.100 e. The molecular formula is C13H18N2S. The zero-order chi connectivity index (χ0) is 11.8. The van der Waals surface area contributed by atoms with Gasteiger partial charge in [0.2, 0.25) is 0 Å². The highest BCUT2D eigenvalue weighted by Crippen LogP contribution is 2.23. The van der Waals surface area contributed by atoms with Crippen LogP contribution in [0.1, 0.15) is 31.4 Å². The Morgan fingerprint density at radius 3 is 2.81 bits per heavy atom. The van der Waals surface area contributed by atoms with E-state index in [0.29, 0.717) is 0 Å². The van der Waals surface area contributed by atoms with E-state index in [-0.39, 0.29) is 0 Å². The molecule has 2 nitrogen and oxygen atoms in total. The fourth-order valence-corrected chi connectivity index (χ4v) is 2.23. The van der Waals surface area contributed by atoms with Crippen molar-refractivity contribution in [1.29, 1.82) is 5.26 Å². The number of benzene rings is 1. The van der Waals surface area contributed by atoms with Crippen LogP contribution in [0.4, 0.5) is 0 Å². The molecule has 0 spiro atoms. The zero-order valence-electron chi connectivity index (χ0n) is 9.92. The predicted octanol–water partition coefficient (Wildman–Crippen LogP) is 3.17. The fraction of sp³-hybridized carbons (Fsp3) is 0.462. The van der Waals surface area contributed by atoms with E-state index in [0.717, 1.165) is 35.7 Å². The third-order valence-corrected chi connectivity index (χ3v) is 3.48. The monoisotopic (exact) mass is 234 g/mol. The van der Waals surface area contributed by atoms with Gasteiger partial charge in [-0.25, -0.2) is 0 Å². The van der Waals surface area contributed by atoms with Gasteiger partial charge in [-0.1, -0.05) is 19.9 Å². The summed E-state index contributed by atoms with van der Waals surface area (Å²) in [4.78, 5) is 1.10. The molecule has 0 unspecified atom stereocenters. The highest BCUT2D eigenvalue weighted by Gasteiger charge is 2.03. The minimum Gasteiger partial charge on any atom is -0.313 e. The Hall–Kier alpha value is -0.980. The maximum atomic E-state index is 9.08. The molecule has 0 amide bonds. The SMILES string of the molecule is CCCSc1ccc(CNCC)cc1C#N. The van der Waals surface area contributed by atoms with Gasteiger partial charge in [-0.15, -0.1) is 11.8 Å². The first-order chi connectivity index (χ1) is 7.81. The standard InChI is InChI=1S/C13H18N2S/c1-3-7-16-13-6-5-11(10-15-4-2)8-12(13)9-14/h5-6,8,15H,3-4,7,10H2,1-2H3. The Labute approximate surface area is 102 Å². The molecule has 0 aliphatic carbocycles. The van der Waals surface area contributed by atoms with Crippen LogP contribution >= 0.6 is 11.8 Å². The lowest BCUT2D eigenvalue weighted by molar-refractivity contribution is 0.726. The van der Waals surface area contributed by atoms with Crippen LogP contribution in [0.2, 0.25) is 0 Å². The molecule has 1 aromatic carbocycles. The Bertz CT molecular complexity index is 369. The van der Waals surface area contributed by atoms with Crippen LogP contribution in [0.15, 0.2) is 23.1 Å². The number of hydrogen-bond acceptors (Lipinski definition) is 3. The summed E-state index contributed by atoms with van der Waals surface area (Å²) in [6.45, 7) is 6.02. The summed E-state index contributed by atoms with van der Waals surface area (Å²) in [6.07, 6.45) is 1.13. The number of nitriles is 1. The molecule has 0 heterocycles. The minimum atomic E-state index is 0.800. The van der Waals surface area contributed by atoms with E-state index in [1.165, 1.54) is 5.56 Å². The van der Waals surface area contributed by atoms with Crippen molar-refractivity contribution >= 4 is 11.8 Å². The number of nitrogens with zero attached hydrogens (tertiary/aromatic N) is 1. The molecule has 0 saturated carbocycles. The smallest absolute Gasteiger partial charge is 0.100 e. The van der Waals surface area contributed by atoms with Crippen LogP contribution in [-0.4, -0.2) is 12.3 Å². The fourth-order valence-electron chi connectivity index (χ4n) is 1.38. The molecule has 0 fully saturated rings. The van der Waals surface area contributed by atoms with E-state index in [1.54, 1.807) is 11.8 Å². The number of nitrogens with one attached hydrogen (secondary N) is 1. The summed E-state index contributed by atoms with van der Waals surface area (Å²) in [5, 5.41) is 12.3. The lowest BCUT2D eigenvalue weighted by Gasteiger charge is -2.06. The van der Waals surface area contributed by atoms with Crippen molar-refractivity contribution in [3.63, 3.8) is 0 Å². The second-order valence-electron chi connectivity index (χ2n) is 3.57. The molecule has 0 bridgehead atoms. The van der Waals surface area contributed by atoms with Crippen molar-refractivity contribution in [3.05, 3.63) is 29.3 Å². The topological polar surface area (TPSA) is 35.8 Å². The molecule has 3 heteroatoms. The molecule has 1 aromatic rings. The first-order valence-electron chi connectivity index (χ1n) is 5.68. The van der Waals surface area contributed by atoms with E-state index in [2.05, 4.69) is 37.4 Å². The number of rotatable bonds is 6. The van der Waals surface area contributed by atoms with Crippen molar-refractivity contribution in [3.8, 4) is 6.07 Å². The summed E-state index contributed by atoms with van der Waals surface area (Å²) in [5.41, 5.74) is 1.98. The average Bonchev–Trinajstić information content (AvgIpc) is 2.34. The van der Waals surface area contributed by atoms with Gasteiger partial charge < -0.3 is 5.32 Å². The van der Waals surface area contributed by atoms with Gasteiger partial charge in [0.15, 0.2) is 0 Å². The Morgan fingerprint density at radius 1 is 1.38 bits per heavy atom. The van der Waals surface area contributed by atoms with Crippen LogP contribution in [0, 0.1) is 11.3 Å². The van der Waals surface area contributed by atoms with Gasteiger partial charge in [0.1, 0.15) is 6.07 Å². The molecule has 0 radical (unpaired) electrons. The van der Waals surface area contributed by atoms with Crippen molar-refractivity contribution in [2.45, 2.75) is 31.7 Å². The van der Waals surface area contributed by atoms with Crippen LogP contribution in [0.25, 0.3) is 0 Å². The molecule has 0 aliphatic heterocycles. The van der Waals surface area contributed by atoms with E-state index >= 15 is 0 Å². The second-order valence-corrected chi connectivity index (χ2v) is 4.71. The largest absolute Gasteiger partial charge is 0.313 e. The molecule has 0 saturated heterocycles. The Morgan fingerprint density at radius 2 is 2.19 bits per heavy atom. The Kier molecular flexibility index (Phi) is 5.99. The summed E-state index contributed by atoms with van der Waals surface area (Å²) >= 11 is 1.76. The summed E-state index contributed by atoms with van der Waals surface area (Å²) in [5.74, 6) is 1.07. The van der Waals surface area contributed by atoms with E-state index in [9.17, 15) is 0 Å². The lowest BCUT2D eigenvalue weighted by atomic mass is 10.1. The van der Waals surface area contributed by atoms with Crippen LogP contribution < -0.4 is 5.32 Å². The van der Waals surface area contributed by atoms with E-state index in [1.807, 2.05) is 6.07 Å². The maximum absolute atomic E-state index is 9.08. The minimum absolute atomic E-state index is 0.800. The molecule has 0 atom stereocenters. The van der Waals surface area contributed by atoms with Gasteiger partial charge in [-0.3, -0.25) is 0 Å².